The van der Waals surface area contributed by atoms with E-state index < -0.39 is 11.9 Å². The molecule has 116 valence electrons. The van der Waals surface area contributed by atoms with Crippen LogP contribution in [0, 0.1) is 12.7 Å². The summed E-state index contributed by atoms with van der Waals surface area (Å²) in [4.78, 5) is 23.3. The van der Waals surface area contributed by atoms with E-state index in [1.807, 2.05) is 0 Å². The third-order valence-electron chi connectivity index (χ3n) is 2.80. The van der Waals surface area contributed by atoms with Gasteiger partial charge in [0.05, 0.1) is 12.8 Å². The van der Waals surface area contributed by atoms with Crippen LogP contribution >= 0.6 is 0 Å². The van der Waals surface area contributed by atoms with E-state index in [-0.39, 0.29) is 24.8 Å². The molecule has 1 aromatic heterocycles. The molecule has 0 radical (unpaired) electrons. The smallest absolute Gasteiger partial charge is 0.327 e. The molecule has 0 fully saturated rings. The van der Waals surface area contributed by atoms with Gasteiger partial charge in [-0.25, -0.2) is 9.07 Å². The van der Waals surface area contributed by atoms with Crippen molar-refractivity contribution in [1.82, 2.24) is 15.0 Å². The first-order valence-corrected chi connectivity index (χ1v) is 6.63. The van der Waals surface area contributed by atoms with E-state index in [9.17, 15) is 14.0 Å². The van der Waals surface area contributed by atoms with Crippen molar-refractivity contribution in [3.05, 3.63) is 41.3 Å². The highest BCUT2D eigenvalue weighted by atomic mass is 19.1. The molecule has 1 amide bonds. The van der Waals surface area contributed by atoms with Gasteiger partial charge in [-0.3, -0.25) is 9.59 Å². The maximum atomic E-state index is 13.2. The fourth-order valence-corrected chi connectivity index (χ4v) is 1.75. The van der Waals surface area contributed by atoms with Crippen molar-refractivity contribution in [1.29, 1.82) is 0 Å². The fourth-order valence-electron chi connectivity index (χ4n) is 1.75. The number of carbonyl (C=O) groups is 2. The first-order chi connectivity index (χ1) is 10.5. The van der Waals surface area contributed by atoms with Crippen molar-refractivity contribution in [2.45, 2.75) is 20.4 Å². The Morgan fingerprint density at radius 2 is 2.18 bits per heavy atom. The zero-order valence-electron chi connectivity index (χ0n) is 12.2. The summed E-state index contributed by atoms with van der Waals surface area (Å²) in [6.07, 6.45) is 1.41. The average Bonchev–Trinajstić information content (AvgIpc) is 2.89. The normalized spacial score (nSPS) is 10.3. The van der Waals surface area contributed by atoms with Crippen molar-refractivity contribution in [2.24, 2.45) is 0 Å². The maximum Gasteiger partial charge on any atom is 0.327 e. The van der Waals surface area contributed by atoms with E-state index in [4.69, 9.17) is 4.74 Å². The maximum absolute atomic E-state index is 13.2. The molecule has 22 heavy (non-hydrogen) atoms. The first kappa shape index (κ1) is 15.6. The summed E-state index contributed by atoms with van der Waals surface area (Å²) < 4.78 is 19.2. The largest absolute Gasteiger partial charge is 0.465 e. The van der Waals surface area contributed by atoms with Crippen LogP contribution in [-0.4, -0.2) is 33.5 Å². The minimum Gasteiger partial charge on any atom is -0.465 e. The van der Waals surface area contributed by atoms with Gasteiger partial charge in [0.15, 0.2) is 5.82 Å². The van der Waals surface area contributed by atoms with Gasteiger partial charge >= 0.3 is 5.97 Å². The number of anilines is 1. The van der Waals surface area contributed by atoms with Crippen LogP contribution in [0.2, 0.25) is 0 Å². The Hall–Kier alpha value is -2.77. The molecule has 0 saturated heterocycles. The number of esters is 1. The third kappa shape index (κ3) is 3.87. The van der Waals surface area contributed by atoms with E-state index in [0.717, 1.165) is 0 Å². The molecule has 7 nitrogen and oxygen atoms in total. The summed E-state index contributed by atoms with van der Waals surface area (Å²) in [6.45, 7) is 3.46. The summed E-state index contributed by atoms with van der Waals surface area (Å²) in [5, 5.41) is 9.96. The molecule has 2 aromatic rings. The summed E-state index contributed by atoms with van der Waals surface area (Å²) in [7, 11) is 0. The van der Waals surface area contributed by atoms with Crippen molar-refractivity contribution in [3.63, 3.8) is 0 Å². The van der Waals surface area contributed by atoms with Crippen LogP contribution in [0.3, 0.4) is 0 Å². The number of carbonyl (C=O) groups excluding carboxylic acids is 2. The number of rotatable bonds is 5. The summed E-state index contributed by atoms with van der Waals surface area (Å²) in [6, 6.07) is 4.04. The lowest BCUT2D eigenvalue weighted by atomic mass is 10.1. The fraction of sp³-hybridized carbons (Fsp3) is 0.286. The topological polar surface area (TPSA) is 86.1 Å². The van der Waals surface area contributed by atoms with Crippen LogP contribution in [0.1, 0.15) is 22.8 Å². The minimum atomic E-state index is -0.445. The highest BCUT2D eigenvalue weighted by Gasteiger charge is 2.11. The van der Waals surface area contributed by atoms with E-state index >= 15 is 0 Å². The lowest BCUT2D eigenvalue weighted by Gasteiger charge is -2.03. The second kappa shape index (κ2) is 6.79. The number of aromatic nitrogens is 3. The molecule has 8 heteroatoms. The number of hydrogen-bond acceptors (Lipinski definition) is 5. The van der Waals surface area contributed by atoms with Crippen molar-refractivity contribution >= 4 is 17.7 Å². The molecule has 0 aliphatic carbocycles. The van der Waals surface area contributed by atoms with Crippen molar-refractivity contribution in [2.75, 3.05) is 11.9 Å². The standard InChI is InChI=1S/C14H15FN4O3/c1-3-22-13(20)8-19-7-12(17-18-19)16-14(21)10-4-5-11(15)9(2)6-10/h4-7H,3,8H2,1-2H3,(H,16,21). The van der Waals surface area contributed by atoms with Crippen LogP contribution in [0.4, 0.5) is 10.2 Å². The summed E-state index contributed by atoms with van der Waals surface area (Å²) >= 11 is 0. The minimum absolute atomic E-state index is 0.0909. The summed E-state index contributed by atoms with van der Waals surface area (Å²) in [5.41, 5.74) is 0.678. The quantitative estimate of drug-likeness (QED) is 0.847. The number of ether oxygens (including phenoxy) is 1. The molecule has 1 aromatic carbocycles. The molecule has 2 rings (SSSR count). The zero-order valence-corrected chi connectivity index (χ0v) is 12.2. The highest BCUT2D eigenvalue weighted by molar-refractivity contribution is 6.03. The van der Waals surface area contributed by atoms with Crippen LogP contribution in [0.5, 0.6) is 0 Å². The van der Waals surface area contributed by atoms with Gasteiger partial charge in [0.2, 0.25) is 0 Å². The molecule has 0 spiro atoms. The van der Waals surface area contributed by atoms with Gasteiger partial charge in [-0.15, -0.1) is 5.10 Å². The number of nitrogens with one attached hydrogen (secondary N) is 1. The Kier molecular flexibility index (Phi) is 4.82. The second-order valence-corrected chi connectivity index (χ2v) is 4.52. The second-order valence-electron chi connectivity index (χ2n) is 4.52. The van der Waals surface area contributed by atoms with Crippen LogP contribution in [0.15, 0.2) is 24.4 Å². The van der Waals surface area contributed by atoms with Gasteiger partial charge in [0.1, 0.15) is 12.4 Å². The Labute approximate surface area is 126 Å². The Bertz CT molecular complexity index is 699. The molecule has 0 unspecified atom stereocenters. The monoisotopic (exact) mass is 306 g/mol. The lowest BCUT2D eigenvalue weighted by molar-refractivity contribution is -0.144. The van der Waals surface area contributed by atoms with E-state index in [1.54, 1.807) is 13.8 Å². The highest BCUT2D eigenvalue weighted by Crippen LogP contribution is 2.11. The van der Waals surface area contributed by atoms with Crippen LogP contribution in [-0.2, 0) is 16.1 Å². The summed E-state index contributed by atoms with van der Waals surface area (Å²) in [5.74, 6) is -1.07. The van der Waals surface area contributed by atoms with Crippen molar-refractivity contribution in [3.8, 4) is 0 Å². The SMILES string of the molecule is CCOC(=O)Cn1cc(NC(=O)c2ccc(F)c(C)c2)nn1. The molecule has 1 N–H and O–H groups in total. The van der Waals surface area contributed by atoms with Crippen LogP contribution in [0.25, 0.3) is 0 Å². The molecule has 0 bridgehead atoms. The van der Waals surface area contributed by atoms with Gasteiger partial charge in [0.25, 0.3) is 5.91 Å². The molecule has 0 aliphatic rings. The zero-order chi connectivity index (χ0) is 16.1. The van der Waals surface area contributed by atoms with E-state index in [2.05, 4.69) is 15.6 Å². The van der Waals surface area contributed by atoms with Gasteiger partial charge in [0, 0.05) is 5.56 Å². The number of halogens is 1. The Morgan fingerprint density at radius 1 is 1.41 bits per heavy atom. The Morgan fingerprint density at radius 3 is 2.86 bits per heavy atom. The number of hydrogen-bond donors (Lipinski definition) is 1. The van der Waals surface area contributed by atoms with Gasteiger partial charge < -0.3 is 10.1 Å². The predicted octanol–water partition coefficient (Wildman–Crippen LogP) is 1.54. The van der Waals surface area contributed by atoms with Gasteiger partial charge in [-0.1, -0.05) is 5.21 Å². The van der Waals surface area contributed by atoms with Crippen molar-refractivity contribution < 1.29 is 18.7 Å². The molecule has 0 aliphatic heterocycles. The number of amides is 1. The molecule has 0 atom stereocenters. The molecular formula is C14H15FN4O3. The lowest BCUT2D eigenvalue weighted by Crippen LogP contribution is -2.14. The first-order valence-electron chi connectivity index (χ1n) is 6.63. The van der Waals surface area contributed by atoms with E-state index in [0.29, 0.717) is 11.1 Å². The number of nitrogens with zero attached hydrogens (tertiary/aromatic N) is 3. The Balaban J connectivity index is 2.01. The van der Waals surface area contributed by atoms with E-state index in [1.165, 1.54) is 29.1 Å². The predicted molar refractivity (Wildman–Crippen MR) is 75.7 cm³/mol. The molecular weight excluding hydrogens is 291 g/mol. The van der Waals surface area contributed by atoms with Crippen LogP contribution < -0.4 is 5.32 Å². The third-order valence-corrected chi connectivity index (χ3v) is 2.80. The van der Waals surface area contributed by atoms with Gasteiger partial charge in [-0.05, 0) is 37.6 Å². The van der Waals surface area contributed by atoms with Gasteiger partial charge in [-0.2, -0.15) is 0 Å². The molecule has 1 heterocycles. The average molecular weight is 306 g/mol. The molecule has 0 saturated carbocycles. The number of benzene rings is 1. The number of aryl methyl sites for hydroxylation is 1.